The average molecular weight is 497 g/mol. The molecule has 0 aliphatic rings. The molecule has 3 rings (SSSR count). The van der Waals surface area contributed by atoms with E-state index in [0.29, 0.717) is 53.9 Å². The summed E-state index contributed by atoms with van der Waals surface area (Å²) in [7, 11) is 1.44. The van der Waals surface area contributed by atoms with Crippen LogP contribution in [0.15, 0.2) is 58.2 Å². The number of furan rings is 1. The maximum Gasteiger partial charge on any atom is 0.379 e. The Morgan fingerprint density at radius 2 is 1.61 bits per heavy atom. The summed E-state index contributed by atoms with van der Waals surface area (Å²) in [6.45, 7) is 6.73. The van der Waals surface area contributed by atoms with Crippen LogP contribution in [0.3, 0.4) is 0 Å². The molecule has 0 saturated heterocycles. The van der Waals surface area contributed by atoms with Crippen LogP contribution in [0.4, 0.5) is 0 Å². The zero-order chi connectivity index (χ0) is 25.9. The van der Waals surface area contributed by atoms with E-state index in [1.807, 2.05) is 20.8 Å². The van der Waals surface area contributed by atoms with Gasteiger partial charge >= 0.3 is 5.97 Å². The number of benzene rings is 2. The summed E-state index contributed by atoms with van der Waals surface area (Å²) in [5, 5.41) is 4.02. The lowest BCUT2D eigenvalue weighted by atomic mass is 10.1. The average Bonchev–Trinajstić information content (AvgIpc) is 3.42. The van der Waals surface area contributed by atoms with E-state index in [1.54, 1.807) is 36.4 Å². The van der Waals surface area contributed by atoms with Crippen molar-refractivity contribution in [3.63, 3.8) is 0 Å². The lowest BCUT2D eigenvalue weighted by Crippen LogP contribution is -2.18. The summed E-state index contributed by atoms with van der Waals surface area (Å²) < 4.78 is 32.6. The first-order valence-electron chi connectivity index (χ1n) is 11.3. The molecular weight excluding hydrogens is 468 g/mol. The second-order valence-corrected chi connectivity index (χ2v) is 7.08. The maximum absolute atomic E-state index is 12.8. The molecule has 1 heterocycles. The van der Waals surface area contributed by atoms with Crippen LogP contribution in [0.1, 0.15) is 47.2 Å². The molecule has 1 N–H and O–H groups in total. The minimum absolute atomic E-state index is 0.0692. The maximum atomic E-state index is 12.8. The number of rotatable bonds is 12. The van der Waals surface area contributed by atoms with Crippen molar-refractivity contribution < 1.29 is 37.7 Å². The van der Waals surface area contributed by atoms with Gasteiger partial charge in [-0.05, 0) is 68.8 Å². The topological polar surface area (TPSA) is 118 Å². The van der Waals surface area contributed by atoms with Crippen LogP contribution in [-0.2, 0) is 0 Å². The molecule has 0 bridgehead atoms. The Hall–Kier alpha value is -4.47. The number of esters is 1. The highest BCUT2D eigenvalue weighted by molar-refractivity contribution is 5.96. The molecule has 1 amide bonds. The zero-order valence-electron chi connectivity index (χ0n) is 20.5. The standard InChI is InChI=1S/C26H28N2O8/c1-5-32-22-14-18(15-23(33-6-2)24(22)34-7-3)25(29)28-27-16-17-10-11-19(21(13-17)31-4)36-26(30)20-9-8-12-35-20/h8-16H,5-7H2,1-4H3,(H,28,29)/b27-16-. The fourth-order valence-corrected chi connectivity index (χ4v) is 3.14. The summed E-state index contributed by atoms with van der Waals surface area (Å²) in [5.74, 6) is 0.724. The SMILES string of the molecule is CCOc1cc(C(=O)N/N=C\c2ccc(OC(=O)c3ccco3)c(OC)c2)cc(OCC)c1OCC. The first kappa shape index (κ1) is 26.1. The van der Waals surface area contributed by atoms with E-state index in [1.165, 1.54) is 25.7 Å². The predicted molar refractivity (Wildman–Crippen MR) is 132 cm³/mol. The highest BCUT2D eigenvalue weighted by atomic mass is 16.6. The molecule has 3 aromatic rings. The molecule has 10 nitrogen and oxygen atoms in total. The molecule has 0 aliphatic heterocycles. The van der Waals surface area contributed by atoms with E-state index in [4.69, 9.17) is 28.1 Å². The summed E-state index contributed by atoms with van der Waals surface area (Å²) in [5.41, 5.74) is 3.37. The number of hydrazone groups is 1. The van der Waals surface area contributed by atoms with Crippen molar-refractivity contribution in [3.8, 4) is 28.7 Å². The van der Waals surface area contributed by atoms with Gasteiger partial charge in [0.15, 0.2) is 23.0 Å². The van der Waals surface area contributed by atoms with Gasteiger partial charge in [0.2, 0.25) is 11.5 Å². The van der Waals surface area contributed by atoms with Crippen molar-refractivity contribution in [3.05, 3.63) is 65.6 Å². The van der Waals surface area contributed by atoms with Gasteiger partial charge < -0.3 is 28.1 Å². The van der Waals surface area contributed by atoms with Crippen LogP contribution in [0.25, 0.3) is 0 Å². The molecular formula is C26H28N2O8. The largest absolute Gasteiger partial charge is 0.493 e. The van der Waals surface area contributed by atoms with Crippen molar-refractivity contribution >= 4 is 18.1 Å². The fraction of sp³-hybridized carbons (Fsp3) is 0.269. The molecule has 0 saturated carbocycles. The van der Waals surface area contributed by atoms with Crippen LogP contribution < -0.4 is 29.1 Å². The Bertz CT molecular complexity index is 1180. The van der Waals surface area contributed by atoms with Gasteiger partial charge in [-0.2, -0.15) is 5.10 Å². The summed E-state index contributed by atoms with van der Waals surface area (Å²) in [6, 6.07) is 11.1. The molecule has 36 heavy (non-hydrogen) atoms. The third kappa shape index (κ3) is 6.56. The van der Waals surface area contributed by atoms with Crippen molar-refractivity contribution in [2.24, 2.45) is 5.10 Å². The number of methoxy groups -OCH3 is 1. The number of ether oxygens (including phenoxy) is 5. The van der Waals surface area contributed by atoms with E-state index in [0.717, 1.165) is 0 Å². The Labute approximate surface area is 208 Å². The Balaban J connectivity index is 1.73. The molecule has 0 aliphatic carbocycles. The van der Waals surface area contributed by atoms with Crippen LogP contribution in [0, 0.1) is 0 Å². The van der Waals surface area contributed by atoms with Crippen molar-refractivity contribution in [2.45, 2.75) is 20.8 Å². The molecule has 0 atom stereocenters. The van der Waals surface area contributed by atoms with Gasteiger partial charge in [0.25, 0.3) is 5.91 Å². The summed E-state index contributed by atoms with van der Waals surface area (Å²) in [6.07, 6.45) is 2.81. The van der Waals surface area contributed by atoms with Crippen LogP contribution in [-0.4, -0.2) is 45.0 Å². The number of hydrogen-bond acceptors (Lipinski definition) is 9. The second-order valence-electron chi connectivity index (χ2n) is 7.08. The molecule has 0 unspecified atom stereocenters. The minimum Gasteiger partial charge on any atom is -0.493 e. The van der Waals surface area contributed by atoms with Gasteiger partial charge in [-0.3, -0.25) is 4.79 Å². The molecule has 0 spiro atoms. The molecule has 0 radical (unpaired) electrons. The zero-order valence-corrected chi connectivity index (χ0v) is 20.5. The Morgan fingerprint density at radius 3 is 2.19 bits per heavy atom. The van der Waals surface area contributed by atoms with E-state index < -0.39 is 11.9 Å². The Kier molecular flexibility index (Phi) is 9.33. The van der Waals surface area contributed by atoms with Crippen LogP contribution >= 0.6 is 0 Å². The van der Waals surface area contributed by atoms with E-state index in [2.05, 4.69) is 10.5 Å². The minimum atomic E-state index is -0.653. The Morgan fingerprint density at radius 1 is 0.917 bits per heavy atom. The number of hydrogen-bond donors (Lipinski definition) is 1. The van der Waals surface area contributed by atoms with Gasteiger partial charge in [-0.25, -0.2) is 10.2 Å². The van der Waals surface area contributed by atoms with Gasteiger partial charge in [0.1, 0.15) is 0 Å². The van der Waals surface area contributed by atoms with Gasteiger partial charge in [-0.15, -0.1) is 0 Å². The molecule has 1 aromatic heterocycles. The predicted octanol–water partition coefficient (Wildman–Crippen LogP) is 4.47. The molecule has 2 aromatic carbocycles. The number of nitrogens with zero attached hydrogens (tertiary/aromatic N) is 1. The van der Waals surface area contributed by atoms with E-state index >= 15 is 0 Å². The second kappa shape index (κ2) is 12.8. The highest BCUT2D eigenvalue weighted by Gasteiger charge is 2.18. The quantitative estimate of drug-likeness (QED) is 0.169. The number of amides is 1. The summed E-state index contributed by atoms with van der Waals surface area (Å²) in [4.78, 5) is 24.9. The monoisotopic (exact) mass is 496 g/mol. The first-order valence-corrected chi connectivity index (χ1v) is 11.3. The lowest BCUT2D eigenvalue weighted by molar-refractivity contribution is 0.0696. The van der Waals surface area contributed by atoms with E-state index in [9.17, 15) is 9.59 Å². The molecule has 0 fully saturated rings. The number of carbonyl (C=O) groups excluding carboxylic acids is 2. The highest BCUT2D eigenvalue weighted by Crippen LogP contribution is 2.39. The van der Waals surface area contributed by atoms with Crippen molar-refractivity contribution in [2.75, 3.05) is 26.9 Å². The summed E-state index contributed by atoms with van der Waals surface area (Å²) >= 11 is 0. The number of nitrogens with one attached hydrogen (secondary N) is 1. The van der Waals surface area contributed by atoms with Crippen molar-refractivity contribution in [1.29, 1.82) is 0 Å². The smallest absolute Gasteiger partial charge is 0.379 e. The molecule has 10 heteroatoms. The first-order chi connectivity index (χ1) is 17.5. The van der Waals surface area contributed by atoms with E-state index in [-0.39, 0.29) is 11.5 Å². The third-order valence-corrected chi connectivity index (χ3v) is 4.66. The van der Waals surface area contributed by atoms with Gasteiger partial charge in [0, 0.05) is 5.56 Å². The van der Waals surface area contributed by atoms with Gasteiger partial charge in [0.05, 0.1) is 39.4 Å². The fourth-order valence-electron chi connectivity index (χ4n) is 3.14. The molecule has 190 valence electrons. The van der Waals surface area contributed by atoms with Gasteiger partial charge in [-0.1, -0.05) is 0 Å². The third-order valence-electron chi connectivity index (χ3n) is 4.66. The van der Waals surface area contributed by atoms with Crippen LogP contribution in [0.5, 0.6) is 28.7 Å². The lowest BCUT2D eigenvalue weighted by Gasteiger charge is -2.16. The van der Waals surface area contributed by atoms with Crippen LogP contribution in [0.2, 0.25) is 0 Å². The van der Waals surface area contributed by atoms with Crippen molar-refractivity contribution in [1.82, 2.24) is 5.43 Å². The normalized spacial score (nSPS) is 10.7. The number of carbonyl (C=O) groups is 2.